The van der Waals surface area contributed by atoms with Crippen LogP contribution in [0.25, 0.3) is 4.72 Å². The van der Waals surface area contributed by atoms with Crippen molar-refractivity contribution in [2.45, 2.75) is 13.3 Å². The number of benzene rings is 1. The summed E-state index contributed by atoms with van der Waals surface area (Å²) in [4.78, 5) is 10.4. The topological polar surface area (TPSA) is 65.3 Å². The highest BCUT2D eigenvalue weighted by molar-refractivity contribution is 7.94. The van der Waals surface area contributed by atoms with Crippen molar-refractivity contribution in [3.8, 4) is 0 Å². The van der Waals surface area contributed by atoms with Crippen LogP contribution in [0.4, 0.5) is 14.5 Å². The molecule has 0 saturated heterocycles. The lowest BCUT2D eigenvalue weighted by Gasteiger charge is -2.22. The third kappa shape index (κ3) is 3.23. The summed E-state index contributed by atoms with van der Waals surface area (Å²) in [5.74, 6) is -2.55. The molecular weight excluding hydrogens is 252 g/mol. The molecule has 0 atom stereocenters. The number of hydrogen-bond donors (Lipinski definition) is 0. The molecule has 0 N–H and O–H groups in total. The molecule has 1 aromatic carbocycles. The Morgan fingerprint density at radius 3 is 2.53 bits per heavy atom. The van der Waals surface area contributed by atoms with Crippen molar-refractivity contribution in [3.05, 3.63) is 34.1 Å². The van der Waals surface area contributed by atoms with Gasteiger partial charge in [-0.25, -0.2) is 17.2 Å². The highest BCUT2D eigenvalue weighted by Gasteiger charge is 2.10. The normalized spacial score (nSPS) is 11.2. The summed E-state index contributed by atoms with van der Waals surface area (Å²) in [6.07, 6.45) is 0.311. The van der Waals surface area contributed by atoms with Crippen LogP contribution >= 0.6 is 0 Å². The van der Waals surface area contributed by atoms with Gasteiger partial charge in [-0.2, -0.15) is 0 Å². The van der Waals surface area contributed by atoms with E-state index < -0.39 is 32.9 Å². The van der Waals surface area contributed by atoms with Gasteiger partial charge >= 0.3 is 0 Å². The second-order valence-corrected chi connectivity index (χ2v) is 5.04. The van der Waals surface area contributed by atoms with Gasteiger partial charge in [-0.15, -0.1) is 0 Å². The van der Waals surface area contributed by atoms with E-state index >= 15 is 0 Å². The molecule has 0 aliphatic carbocycles. The quantitative estimate of drug-likeness (QED) is 0.766. The van der Waals surface area contributed by atoms with E-state index in [1.807, 2.05) is 0 Å². The minimum atomic E-state index is -3.80. The second-order valence-electron chi connectivity index (χ2n) is 3.29. The minimum Gasteiger partial charge on any atom is -0.574 e. The standard InChI is InChI=1S/C10H10F2NO3S/c1-2-5-17(15,16)13-9-4-3-8(11)7(6-14)10(9)12/h3-4,6H,2,5H2,1H3/q-1. The van der Waals surface area contributed by atoms with Gasteiger partial charge in [-0.3, -0.25) is 4.79 Å². The van der Waals surface area contributed by atoms with Crippen LogP contribution in [0.2, 0.25) is 0 Å². The van der Waals surface area contributed by atoms with E-state index in [4.69, 9.17) is 0 Å². The summed E-state index contributed by atoms with van der Waals surface area (Å²) in [6, 6.07) is 1.68. The predicted octanol–water partition coefficient (Wildman–Crippen LogP) is 2.52. The van der Waals surface area contributed by atoms with Crippen molar-refractivity contribution < 1.29 is 22.0 Å². The Morgan fingerprint density at radius 2 is 2.00 bits per heavy atom. The van der Waals surface area contributed by atoms with Crippen molar-refractivity contribution in [2.75, 3.05) is 5.75 Å². The average molecular weight is 262 g/mol. The first kappa shape index (κ1) is 13.6. The summed E-state index contributed by atoms with van der Waals surface area (Å²) >= 11 is 0. The van der Waals surface area contributed by atoms with E-state index in [0.29, 0.717) is 6.42 Å². The van der Waals surface area contributed by atoms with Crippen molar-refractivity contribution in [3.63, 3.8) is 0 Å². The third-order valence-electron chi connectivity index (χ3n) is 1.92. The Kier molecular flexibility index (Phi) is 4.17. The SMILES string of the molecule is CCCS(=O)(=O)[N-]c1ccc(F)c(C=O)c1F. The Morgan fingerprint density at radius 1 is 1.35 bits per heavy atom. The Bertz CT molecular complexity index is 529. The summed E-state index contributed by atoms with van der Waals surface area (Å²) in [5.41, 5.74) is -1.38. The van der Waals surface area contributed by atoms with Crippen LogP contribution in [0.1, 0.15) is 23.7 Å². The van der Waals surface area contributed by atoms with Gasteiger partial charge in [0.2, 0.25) is 0 Å². The number of carbonyl (C=O) groups is 1. The van der Waals surface area contributed by atoms with Crippen LogP contribution in [0, 0.1) is 11.6 Å². The highest BCUT2D eigenvalue weighted by atomic mass is 32.2. The summed E-state index contributed by atoms with van der Waals surface area (Å²) in [7, 11) is -3.80. The van der Waals surface area contributed by atoms with Gasteiger partial charge in [0.15, 0.2) is 6.29 Å². The van der Waals surface area contributed by atoms with Crippen LogP contribution in [-0.2, 0) is 10.0 Å². The van der Waals surface area contributed by atoms with Gasteiger partial charge in [0.1, 0.15) is 11.6 Å². The molecule has 94 valence electrons. The summed E-state index contributed by atoms with van der Waals surface area (Å²) in [6.45, 7) is 1.63. The lowest BCUT2D eigenvalue weighted by atomic mass is 10.2. The van der Waals surface area contributed by atoms with Crippen molar-refractivity contribution >= 4 is 22.0 Å². The van der Waals surface area contributed by atoms with E-state index in [9.17, 15) is 22.0 Å². The molecule has 1 aromatic rings. The Hall–Kier alpha value is -1.50. The van der Waals surface area contributed by atoms with Crippen LogP contribution in [0.15, 0.2) is 12.1 Å². The van der Waals surface area contributed by atoms with E-state index in [2.05, 4.69) is 4.72 Å². The van der Waals surface area contributed by atoms with E-state index in [-0.39, 0.29) is 12.0 Å². The highest BCUT2D eigenvalue weighted by Crippen LogP contribution is 2.29. The smallest absolute Gasteiger partial charge is 0.155 e. The van der Waals surface area contributed by atoms with Gasteiger partial charge in [-0.05, 0) is 12.5 Å². The molecule has 0 aliphatic heterocycles. The lowest BCUT2D eigenvalue weighted by Crippen LogP contribution is -2.03. The van der Waals surface area contributed by atoms with Gasteiger partial charge < -0.3 is 4.72 Å². The number of sulfonamides is 1. The molecule has 4 nitrogen and oxygen atoms in total. The van der Waals surface area contributed by atoms with Crippen LogP contribution in [-0.4, -0.2) is 20.5 Å². The van der Waals surface area contributed by atoms with Gasteiger partial charge in [-0.1, -0.05) is 18.7 Å². The minimum absolute atomic E-state index is 0.0177. The summed E-state index contributed by atoms with van der Waals surface area (Å²) in [5, 5.41) is 0. The molecule has 0 spiro atoms. The first-order chi connectivity index (χ1) is 7.91. The van der Waals surface area contributed by atoms with Crippen LogP contribution in [0.5, 0.6) is 0 Å². The molecule has 1 rings (SSSR count). The zero-order chi connectivity index (χ0) is 13.1. The maximum absolute atomic E-state index is 13.5. The number of halogens is 2. The van der Waals surface area contributed by atoms with Crippen molar-refractivity contribution in [1.29, 1.82) is 0 Å². The molecule has 0 aliphatic rings. The first-order valence-corrected chi connectivity index (χ1v) is 6.41. The predicted molar refractivity (Wildman–Crippen MR) is 58.8 cm³/mol. The van der Waals surface area contributed by atoms with Gasteiger partial charge in [0.25, 0.3) is 0 Å². The third-order valence-corrected chi connectivity index (χ3v) is 3.32. The average Bonchev–Trinajstić information content (AvgIpc) is 2.23. The fourth-order valence-electron chi connectivity index (χ4n) is 1.19. The van der Waals surface area contributed by atoms with Crippen LogP contribution < -0.4 is 0 Å². The molecule has 17 heavy (non-hydrogen) atoms. The molecule has 0 bridgehead atoms. The number of rotatable bonds is 5. The molecular formula is C10H10F2NO3S-. The maximum atomic E-state index is 13.5. The van der Waals surface area contributed by atoms with Gasteiger partial charge in [0.05, 0.1) is 15.6 Å². The second kappa shape index (κ2) is 5.22. The maximum Gasteiger partial charge on any atom is 0.155 e. The van der Waals surface area contributed by atoms with Gasteiger partial charge in [0, 0.05) is 5.75 Å². The zero-order valence-electron chi connectivity index (χ0n) is 8.98. The lowest BCUT2D eigenvalue weighted by molar-refractivity contribution is 0.111. The monoisotopic (exact) mass is 262 g/mol. The fraction of sp³-hybridized carbons (Fsp3) is 0.300. The largest absolute Gasteiger partial charge is 0.574 e. The molecule has 0 saturated carbocycles. The number of nitrogens with zero attached hydrogens (tertiary/aromatic N) is 1. The zero-order valence-corrected chi connectivity index (χ0v) is 9.80. The fourth-order valence-corrected chi connectivity index (χ4v) is 2.24. The molecule has 0 radical (unpaired) electrons. The molecule has 7 heteroatoms. The number of aldehydes is 1. The number of hydrogen-bond acceptors (Lipinski definition) is 3. The molecule has 0 heterocycles. The van der Waals surface area contributed by atoms with E-state index in [1.54, 1.807) is 6.92 Å². The Balaban J connectivity index is 3.13. The van der Waals surface area contributed by atoms with Crippen molar-refractivity contribution in [1.82, 2.24) is 0 Å². The molecule has 0 amide bonds. The number of carbonyl (C=O) groups excluding carboxylic acids is 1. The molecule has 0 aromatic heterocycles. The molecule has 0 unspecified atom stereocenters. The van der Waals surface area contributed by atoms with Crippen molar-refractivity contribution in [2.24, 2.45) is 0 Å². The van der Waals surface area contributed by atoms with Crippen LogP contribution in [0.3, 0.4) is 0 Å². The Labute approximate surface area is 97.7 Å². The van der Waals surface area contributed by atoms with E-state index in [0.717, 1.165) is 12.1 Å². The van der Waals surface area contributed by atoms with E-state index in [1.165, 1.54) is 0 Å². The molecule has 0 fully saturated rings. The summed E-state index contributed by atoms with van der Waals surface area (Å²) < 4.78 is 52.3. The first-order valence-electron chi connectivity index (χ1n) is 4.80.